The number of nitrogens with zero attached hydrogens (tertiary/aromatic N) is 1. The van der Waals surface area contributed by atoms with Gasteiger partial charge < -0.3 is 16.0 Å². The number of piperidine rings is 1. The lowest BCUT2D eigenvalue weighted by atomic mass is 9.99. The minimum absolute atomic E-state index is 0. The summed E-state index contributed by atoms with van der Waals surface area (Å²) < 4.78 is 0. The molecule has 2 rings (SSSR count). The van der Waals surface area contributed by atoms with Gasteiger partial charge in [0.15, 0.2) is 0 Å². The smallest absolute Gasteiger partial charge is 0.220 e. The van der Waals surface area contributed by atoms with E-state index in [0.717, 1.165) is 31.8 Å². The lowest BCUT2D eigenvalue weighted by molar-refractivity contribution is -0.122. The monoisotopic (exact) mass is 339 g/mol. The van der Waals surface area contributed by atoms with Crippen molar-refractivity contribution >= 4 is 30.7 Å². The lowest BCUT2D eigenvalue weighted by Crippen LogP contribution is -2.40. The molecule has 1 aliphatic heterocycles. The quantitative estimate of drug-likeness (QED) is 0.807. The molecule has 0 bridgehead atoms. The van der Waals surface area contributed by atoms with Crippen LogP contribution in [0, 0.1) is 11.8 Å². The molecular formula is C15H31Cl2N3O. The molecule has 126 valence electrons. The van der Waals surface area contributed by atoms with E-state index in [2.05, 4.69) is 17.1 Å². The molecule has 1 saturated carbocycles. The minimum atomic E-state index is 0. The van der Waals surface area contributed by atoms with Gasteiger partial charge in [0.25, 0.3) is 0 Å². The van der Waals surface area contributed by atoms with Gasteiger partial charge in [0.1, 0.15) is 0 Å². The maximum Gasteiger partial charge on any atom is 0.220 e. The van der Waals surface area contributed by atoms with E-state index >= 15 is 0 Å². The summed E-state index contributed by atoms with van der Waals surface area (Å²) in [5.74, 6) is 1.47. The first-order valence-corrected chi connectivity index (χ1v) is 7.90. The van der Waals surface area contributed by atoms with Crippen molar-refractivity contribution < 1.29 is 4.79 Å². The van der Waals surface area contributed by atoms with Crippen LogP contribution in [0.2, 0.25) is 0 Å². The molecule has 1 aliphatic carbocycles. The van der Waals surface area contributed by atoms with Crippen LogP contribution in [0.25, 0.3) is 0 Å². The lowest BCUT2D eigenvalue weighted by Gasteiger charge is -2.30. The van der Waals surface area contributed by atoms with Crippen molar-refractivity contribution in [2.24, 2.45) is 17.6 Å². The van der Waals surface area contributed by atoms with E-state index in [1.54, 1.807) is 0 Å². The van der Waals surface area contributed by atoms with Crippen LogP contribution in [-0.2, 0) is 4.79 Å². The predicted molar refractivity (Wildman–Crippen MR) is 92.3 cm³/mol. The van der Waals surface area contributed by atoms with Crippen molar-refractivity contribution in [3.05, 3.63) is 0 Å². The van der Waals surface area contributed by atoms with Crippen LogP contribution in [0.3, 0.4) is 0 Å². The van der Waals surface area contributed by atoms with Crippen LogP contribution < -0.4 is 11.1 Å². The average Bonchev–Trinajstić information content (AvgIpc) is 2.78. The summed E-state index contributed by atoms with van der Waals surface area (Å²) in [6.07, 6.45) is 6.61. The molecule has 4 nitrogen and oxygen atoms in total. The molecule has 3 N–H and O–H groups in total. The molecule has 0 spiro atoms. The Morgan fingerprint density at radius 2 is 1.86 bits per heavy atom. The average molecular weight is 340 g/mol. The summed E-state index contributed by atoms with van der Waals surface area (Å²) in [5, 5.41) is 3.05. The minimum Gasteiger partial charge on any atom is -0.355 e. The molecule has 6 heteroatoms. The van der Waals surface area contributed by atoms with Gasteiger partial charge in [-0.05, 0) is 50.6 Å². The molecule has 0 aromatic rings. The molecule has 1 saturated heterocycles. The fourth-order valence-electron chi connectivity index (χ4n) is 3.27. The summed E-state index contributed by atoms with van der Waals surface area (Å²) in [7, 11) is 0. The highest BCUT2D eigenvalue weighted by Gasteiger charge is 2.25. The predicted octanol–water partition coefficient (Wildman–Crippen LogP) is 2.20. The van der Waals surface area contributed by atoms with Crippen LogP contribution >= 0.6 is 24.8 Å². The van der Waals surface area contributed by atoms with Crippen LogP contribution in [-0.4, -0.2) is 43.0 Å². The molecule has 2 fully saturated rings. The van der Waals surface area contributed by atoms with Gasteiger partial charge in [0.2, 0.25) is 5.91 Å². The van der Waals surface area contributed by atoms with Crippen molar-refractivity contribution in [3.8, 4) is 0 Å². The number of carbonyl (C=O) groups is 1. The van der Waals surface area contributed by atoms with E-state index in [-0.39, 0.29) is 36.8 Å². The molecule has 2 aliphatic rings. The number of amides is 1. The Balaban J connectivity index is 0.00000200. The molecule has 21 heavy (non-hydrogen) atoms. The Bertz CT molecular complexity index is 297. The summed E-state index contributed by atoms with van der Waals surface area (Å²) in [6, 6.07) is 0.245. The van der Waals surface area contributed by atoms with Crippen molar-refractivity contribution in [2.75, 3.05) is 26.2 Å². The Morgan fingerprint density at radius 1 is 1.19 bits per heavy atom. The van der Waals surface area contributed by atoms with Crippen LogP contribution in [0.5, 0.6) is 0 Å². The molecular weight excluding hydrogens is 309 g/mol. The zero-order valence-corrected chi connectivity index (χ0v) is 14.7. The van der Waals surface area contributed by atoms with E-state index in [0.29, 0.717) is 12.3 Å². The Kier molecular flexibility index (Phi) is 10.6. The summed E-state index contributed by atoms with van der Waals surface area (Å²) in [6.45, 7) is 6.48. The third-order valence-electron chi connectivity index (χ3n) is 4.79. The highest BCUT2D eigenvalue weighted by Crippen LogP contribution is 2.26. The van der Waals surface area contributed by atoms with Gasteiger partial charge in [0.05, 0.1) is 0 Å². The summed E-state index contributed by atoms with van der Waals surface area (Å²) >= 11 is 0. The van der Waals surface area contributed by atoms with E-state index in [4.69, 9.17) is 5.73 Å². The SMILES string of the molecule is CC1CCN(CCNC(=O)C[C@@H]2CCC[C@H]2N)CC1.Cl.Cl. The molecule has 0 radical (unpaired) electrons. The fourth-order valence-corrected chi connectivity index (χ4v) is 3.27. The van der Waals surface area contributed by atoms with Crippen molar-refractivity contribution in [1.29, 1.82) is 0 Å². The van der Waals surface area contributed by atoms with Gasteiger partial charge >= 0.3 is 0 Å². The number of nitrogens with two attached hydrogens (primary N) is 1. The number of hydrogen-bond donors (Lipinski definition) is 2. The van der Waals surface area contributed by atoms with Gasteiger partial charge in [-0.25, -0.2) is 0 Å². The van der Waals surface area contributed by atoms with E-state index in [1.807, 2.05) is 0 Å². The largest absolute Gasteiger partial charge is 0.355 e. The second kappa shape index (κ2) is 10.7. The Hall–Kier alpha value is -0.0300. The third-order valence-corrected chi connectivity index (χ3v) is 4.79. The highest BCUT2D eigenvalue weighted by atomic mass is 35.5. The molecule has 2 atom stereocenters. The third kappa shape index (κ3) is 7.18. The summed E-state index contributed by atoms with van der Waals surface area (Å²) in [5.41, 5.74) is 6.00. The maximum absolute atomic E-state index is 11.9. The second-order valence-electron chi connectivity index (χ2n) is 6.43. The zero-order valence-electron chi connectivity index (χ0n) is 13.1. The van der Waals surface area contributed by atoms with E-state index in [9.17, 15) is 4.79 Å². The highest BCUT2D eigenvalue weighted by molar-refractivity contribution is 5.85. The van der Waals surface area contributed by atoms with Crippen LogP contribution in [0.4, 0.5) is 0 Å². The summed E-state index contributed by atoms with van der Waals surface area (Å²) in [4.78, 5) is 14.3. The number of likely N-dealkylation sites (tertiary alicyclic amines) is 1. The van der Waals surface area contributed by atoms with E-state index in [1.165, 1.54) is 32.4 Å². The van der Waals surface area contributed by atoms with Crippen LogP contribution in [0.15, 0.2) is 0 Å². The van der Waals surface area contributed by atoms with Crippen LogP contribution in [0.1, 0.15) is 45.4 Å². The molecule has 0 unspecified atom stereocenters. The van der Waals surface area contributed by atoms with Gasteiger partial charge in [-0.15, -0.1) is 24.8 Å². The Morgan fingerprint density at radius 3 is 2.43 bits per heavy atom. The first-order valence-electron chi connectivity index (χ1n) is 7.90. The number of nitrogens with one attached hydrogen (secondary N) is 1. The molecule has 0 aromatic heterocycles. The van der Waals surface area contributed by atoms with Gasteiger partial charge in [-0.2, -0.15) is 0 Å². The number of hydrogen-bond acceptors (Lipinski definition) is 3. The van der Waals surface area contributed by atoms with Gasteiger partial charge in [0, 0.05) is 25.6 Å². The number of rotatable bonds is 5. The maximum atomic E-state index is 11.9. The van der Waals surface area contributed by atoms with Crippen molar-refractivity contribution in [1.82, 2.24) is 10.2 Å². The first-order chi connectivity index (χ1) is 9.15. The zero-order chi connectivity index (χ0) is 13.7. The van der Waals surface area contributed by atoms with Gasteiger partial charge in [-0.1, -0.05) is 13.3 Å². The molecule has 1 heterocycles. The van der Waals surface area contributed by atoms with Crippen molar-refractivity contribution in [3.63, 3.8) is 0 Å². The first kappa shape index (κ1) is 21.0. The van der Waals surface area contributed by atoms with E-state index < -0.39 is 0 Å². The fraction of sp³-hybridized carbons (Fsp3) is 0.933. The Labute approximate surface area is 141 Å². The molecule has 0 aromatic carbocycles. The van der Waals surface area contributed by atoms with Gasteiger partial charge in [-0.3, -0.25) is 4.79 Å². The normalized spacial score (nSPS) is 26.8. The number of carbonyl (C=O) groups excluding carboxylic acids is 1. The molecule has 1 amide bonds. The standard InChI is InChI=1S/C15H29N3O.2ClH/c1-12-5-8-18(9-6-12)10-7-17-15(19)11-13-3-2-4-14(13)16;;/h12-14H,2-11,16H2,1H3,(H,17,19);2*1H/t13-,14+;;/m0../s1. The second-order valence-corrected chi connectivity index (χ2v) is 6.43. The number of halogens is 2. The topological polar surface area (TPSA) is 58.4 Å². The van der Waals surface area contributed by atoms with Crippen molar-refractivity contribution in [2.45, 2.75) is 51.5 Å².